The van der Waals surface area contributed by atoms with Gasteiger partial charge in [-0.2, -0.15) is 0 Å². The highest BCUT2D eigenvalue weighted by Crippen LogP contribution is 2.36. The Bertz CT molecular complexity index is 1230. The van der Waals surface area contributed by atoms with Crippen LogP contribution in [0, 0.1) is 6.92 Å². The van der Waals surface area contributed by atoms with E-state index in [0.717, 1.165) is 63.0 Å². The Labute approximate surface area is 220 Å². The van der Waals surface area contributed by atoms with Crippen LogP contribution in [0.3, 0.4) is 0 Å². The quantitative estimate of drug-likeness (QED) is 0.508. The molecule has 1 saturated heterocycles. The number of nitrogens with zero attached hydrogens (tertiary/aromatic N) is 2. The molecular weight excluding hydrogens is 458 g/mol. The number of hydrogen-bond donors (Lipinski definition) is 1. The summed E-state index contributed by atoms with van der Waals surface area (Å²) in [6.07, 6.45) is 3.55. The summed E-state index contributed by atoms with van der Waals surface area (Å²) in [5, 5.41) is 3.28. The molecule has 5 heteroatoms. The third-order valence-corrected chi connectivity index (χ3v) is 8.14. The van der Waals surface area contributed by atoms with Crippen molar-refractivity contribution in [3.63, 3.8) is 0 Å². The molecule has 5 nitrogen and oxygen atoms in total. The van der Waals surface area contributed by atoms with Crippen molar-refractivity contribution in [2.75, 3.05) is 26.2 Å². The normalized spacial score (nSPS) is 19.2. The number of likely N-dealkylation sites (tertiary alicyclic amines) is 1. The summed E-state index contributed by atoms with van der Waals surface area (Å²) >= 11 is 0. The van der Waals surface area contributed by atoms with E-state index < -0.39 is 0 Å². The van der Waals surface area contributed by atoms with Crippen LogP contribution in [0.1, 0.15) is 64.8 Å². The minimum absolute atomic E-state index is 0.0152. The van der Waals surface area contributed by atoms with E-state index in [-0.39, 0.29) is 23.4 Å². The van der Waals surface area contributed by atoms with E-state index in [9.17, 15) is 9.59 Å². The average Bonchev–Trinajstić information content (AvgIpc) is 2.92. The predicted octanol–water partition coefficient (Wildman–Crippen LogP) is 5.25. The summed E-state index contributed by atoms with van der Waals surface area (Å²) in [4.78, 5) is 30.3. The smallest absolute Gasteiger partial charge is 0.254 e. The standard InChI is InChI=1S/C32H37N3O2/c1-24-12-14-27(15-13-24)31(37)35-21-16-26-8-6-7-11-29(26)30(35)17-20-34-22-18-32(19-23-34,33-25(2)36)28-9-4-3-5-10-28/h3-15,30H,16-23H2,1-2H3,(H,33,36). The Morgan fingerprint density at radius 3 is 2.27 bits per heavy atom. The average molecular weight is 496 g/mol. The zero-order valence-electron chi connectivity index (χ0n) is 22.0. The van der Waals surface area contributed by atoms with Gasteiger partial charge in [0.25, 0.3) is 5.91 Å². The Kier molecular flexibility index (Phi) is 7.43. The fraction of sp³-hybridized carbons (Fsp3) is 0.375. The highest BCUT2D eigenvalue weighted by atomic mass is 16.2. The Morgan fingerprint density at radius 1 is 0.892 bits per heavy atom. The van der Waals surface area contributed by atoms with Crippen molar-refractivity contribution >= 4 is 11.8 Å². The lowest BCUT2D eigenvalue weighted by Crippen LogP contribution is -2.53. The molecule has 1 atom stereocenters. The van der Waals surface area contributed by atoms with Gasteiger partial charge in [-0.3, -0.25) is 9.59 Å². The first-order chi connectivity index (χ1) is 17.9. The van der Waals surface area contributed by atoms with Gasteiger partial charge in [-0.25, -0.2) is 0 Å². The van der Waals surface area contributed by atoms with Gasteiger partial charge in [-0.1, -0.05) is 72.3 Å². The number of fused-ring (bicyclic) bond motifs is 1. The highest BCUT2D eigenvalue weighted by Gasteiger charge is 2.37. The third kappa shape index (κ3) is 5.47. The molecule has 2 heterocycles. The SMILES string of the molecule is CC(=O)NC1(c2ccccc2)CCN(CCC2c3ccccc3CCN2C(=O)c2ccc(C)cc2)CC1. The molecule has 0 bridgehead atoms. The van der Waals surface area contributed by atoms with Crippen LogP contribution < -0.4 is 5.32 Å². The predicted molar refractivity (Wildman–Crippen MR) is 147 cm³/mol. The number of benzene rings is 3. The van der Waals surface area contributed by atoms with Gasteiger partial charge in [0.2, 0.25) is 5.91 Å². The first-order valence-electron chi connectivity index (χ1n) is 13.5. The van der Waals surface area contributed by atoms with Gasteiger partial charge in [0.1, 0.15) is 0 Å². The maximum Gasteiger partial charge on any atom is 0.254 e. The molecule has 2 aliphatic rings. The second kappa shape index (κ2) is 10.9. The van der Waals surface area contributed by atoms with E-state index in [1.54, 1.807) is 6.92 Å². The zero-order valence-corrected chi connectivity index (χ0v) is 22.0. The lowest BCUT2D eigenvalue weighted by atomic mass is 9.80. The van der Waals surface area contributed by atoms with Crippen molar-refractivity contribution in [3.8, 4) is 0 Å². The molecule has 5 rings (SSSR count). The molecule has 192 valence electrons. The van der Waals surface area contributed by atoms with E-state index in [0.29, 0.717) is 0 Å². The van der Waals surface area contributed by atoms with E-state index in [1.165, 1.54) is 16.7 Å². The van der Waals surface area contributed by atoms with Crippen LogP contribution in [-0.2, 0) is 16.8 Å². The van der Waals surface area contributed by atoms with Crippen LogP contribution in [0.15, 0.2) is 78.9 Å². The molecule has 1 unspecified atom stereocenters. The molecule has 37 heavy (non-hydrogen) atoms. The zero-order chi connectivity index (χ0) is 25.8. The minimum atomic E-state index is -0.311. The molecule has 0 aliphatic carbocycles. The summed E-state index contributed by atoms with van der Waals surface area (Å²) in [6.45, 7) is 7.14. The largest absolute Gasteiger partial charge is 0.347 e. The van der Waals surface area contributed by atoms with Crippen LogP contribution in [0.25, 0.3) is 0 Å². The molecular formula is C32H37N3O2. The summed E-state index contributed by atoms with van der Waals surface area (Å²) in [5.41, 5.74) is 5.43. The fourth-order valence-corrected chi connectivity index (χ4v) is 6.11. The second-order valence-corrected chi connectivity index (χ2v) is 10.6. The van der Waals surface area contributed by atoms with Crippen LogP contribution in [0.5, 0.6) is 0 Å². The van der Waals surface area contributed by atoms with Crippen LogP contribution in [0.2, 0.25) is 0 Å². The van der Waals surface area contributed by atoms with E-state index in [4.69, 9.17) is 0 Å². The molecule has 0 aromatic heterocycles. The summed E-state index contributed by atoms with van der Waals surface area (Å²) in [5.74, 6) is 0.133. The second-order valence-electron chi connectivity index (χ2n) is 10.6. The van der Waals surface area contributed by atoms with Gasteiger partial charge in [0.15, 0.2) is 0 Å². The number of hydrogen-bond acceptors (Lipinski definition) is 3. The maximum atomic E-state index is 13.6. The number of carbonyl (C=O) groups excluding carboxylic acids is 2. The molecule has 1 fully saturated rings. The van der Waals surface area contributed by atoms with Crippen LogP contribution >= 0.6 is 0 Å². The van der Waals surface area contributed by atoms with Gasteiger partial charge in [0, 0.05) is 38.7 Å². The first kappa shape index (κ1) is 25.2. The Balaban J connectivity index is 1.31. The van der Waals surface area contributed by atoms with E-state index >= 15 is 0 Å². The Morgan fingerprint density at radius 2 is 1.57 bits per heavy atom. The van der Waals surface area contributed by atoms with E-state index in [2.05, 4.69) is 51.5 Å². The number of aryl methyl sites for hydroxylation is 1. The molecule has 2 amide bonds. The van der Waals surface area contributed by atoms with E-state index in [1.807, 2.05) is 49.4 Å². The number of amides is 2. The Hall–Kier alpha value is -3.44. The van der Waals surface area contributed by atoms with Crippen molar-refractivity contribution in [1.82, 2.24) is 15.1 Å². The van der Waals surface area contributed by atoms with Gasteiger partial charge >= 0.3 is 0 Å². The lowest BCUT2D eigenvalue weighted by molar-refractivity contribution is -0.121. The van der Waals surface area contributed by atoms with Crippen molar-refractivity contribution in [3.05, 3.63) is 107 Å². The number of rotatable bonds is 6. The molecule has 0 saturated carbocycles. The van der Waals surface area contributed by atoms with Crippen molar-refractivity contribution < 1.29 is 9.59 Å². The monoisotopic (exact) mass is 495 g/mol. The molecule has 3 aromatic carbocycles. The van der Waals surface area contributed by atoms with Crippen molar-refractivity contribution in [2.24, 2.45) is 0 Å². The van der Waals surface area contributed by atoms with Crippen molar-refractivity contribution in [2.45, 2.75) is 51.1 Å². The van der Waals surface area contributed by atoms with Crippen LogP contribution in [-0.4, -0.2) is 47.8 Å². The molecule has 3 aromatic rings. The van der Waals surface area contributed by atoms with Gasteiger partial charge < -0.3 is 15.1 Å². The summed E-state index contributed by atoms with van der Waals surface area (Å²) in [6, 6.07) is 27.0. The maximum absolute atomic E-state index is 13.6. The molecule has 2 aliphatic heterocycles. The molecule has 0 radical (unpaired) electrons. The van der Waals surface area contributed by atoms with Gasteiger partial charge in [-0.15, -0.1) is 0 Å². The highest BCUT2D eigenvalue weighted by molar-refractivity contribution is 5.94. The molecule has 1 N–H and O–H groups in total. The number of nitrogens with one attached hydrogen (secondary N) is 1. The minimum Gasteiger partial charge on any atom is -0.347 e. The van der Waals surface area contributed by atoms with Gasteiger partial charge in [0.05, 0.1) is 11.6 Å². The summed E-state index contributed by atoms with van der Waals surface area (Å²) in [7, 11) is 0. The lowest BCUT2D eigenvalue weighted by Gasteiger charge is -2.44. The molecule has 0 spiro atoms. The van der Waals surface area contributed by atoms with Crippen molar-refractivity contribution in [1.29, 1.82) is 0 Å². The first-order valence-corrected chi connectivity index (χ1v) is 13.5. The number of carbonyl (C=O) groups is 2. The summed E-state index contributed by atoms with van der Waals surface area (Å²) < 4.78 is 0. The van der Waals surface area contributed by atoms with Gasteiger partial charge in [-0.05, 0) is 61.4 Å². The third-order valence-electron chi connectivity index (χ3n) is 8.14. The number of piperidine rings is 1. The van der Waals surface area contributed by atoms with Crippen LogP contribution in [0.4, 0.5) is 0 Å². The topological polar surface area (TPSA) is 52.7 Å². The fourth-order valence-electron chi connectivity index (χ4n) is 6.11.